The molecule has 8 heteroatoms. The third kappa shape index (κ3) is 5.46. The molecule has 3 aromatic carbocycles. The lowest BCUT2D eigenvalue weighted by Crippen LogP contribution is -2.35. The third-order valence-corrected chi connectivity index (χ3v) is 8.22. The van der Waals surface area contributed by atoms with Crippen molar-refractivity contribution in [1.82, 2.24) is 0 Å². The molecular weight excluding hydrogens is 524 g/mol. The molecule has 2 aliphatic carbocycles. The van der Waals surface area contributed by atoms with Crippen LogP contribution in [0.25, 0.3) is 21.5 Å². The van der Waals surface area contributed by atoms with Crippen molar-refractivity contribution in [3.63, 3.8) is 0 Å². The van der Waals surface area contributed by atoms with Crippen LogP contribution in [0, 0.1) is 30.6 Å². The quantitative estimate of drug-likeness (QED) is 0.158. The van der Waals surface area contributed by atoms with E-state index < -0.39 is 47.5 Å². The summed E-state index contributed by atoms with van der Waals surface area (Å²) in [6, 6.07) is 12.5. The van der Waals surface area contributed by atoms with E-state index in [-0.39, 0.29) is 37.2 Å². The Bertz CT molecular complexity index is 1650. The molecule has 8 nitrogen and oxygen atoms in total. The molecule has 0 spiro atoms. The molecule has 0 bridgehead atoms. The molecule has 5 rings (SSSR count). The number of fused-ring (bicyclic) bond motifs is 2. The van der Waals surface area contributed by atoms with Gasteiger partial charge >= 0.3 is 23.9 Å². The predicted octanol–water partition coefficient (Wildman–Crippen LogP) is 6.23. The summed E-state index contributed by atoms with van der Waals surface area (Å²) in [5, 5.41) is 21.7. The Morgan fingerprint density at radius 2 is 1.07 bits per heavy atom. The monoisotopic (exact) mass is 556 g/mol. The van der Waals surface area contributed by atoms with Crippen molar-refractivity contribution >= 4 is 45.4 Å². The lowest BCUT2D eigenvalue weighted by atomic mass is 9.80. The Morgan fingerprint density at radius 3 is 1.54 bits per heavy atom. The Morgan fingerprint density at radius 1 is 0.634 bits per heavy atom. The molecule has 0 radical (unpaired) electrons. The number of hydrogen-bond donors (Lipinski definition) is 2. The van der Waals surface area contributed by atoms with Crippen LogP contribution in [0.5, 0.6) is 11.5 Å². The summed E-state index contributed by atoms with van der Waals surface area (Å²) in [6.45, 7) is 5.59. The van der Waals surface area contributed by atoms with Crippen molar-refractivity contribution in [2.45, 2.75) is 46.5 Å². The zero-order valence-electron chi connectivity index (χ0n) is 23.2. The van der Waals surface area contributed by atoms with Gasteiger partial charge in [0.05, 0.1) is 23.7 Å². The average molecular weight is 557 g/mol. The van der Waals surface area contributed by atoms with Crippen molar-refractivity contribution in [3.8, 4) is 11.5 Å². The van der Waals surface area contributed by atoms with Crippen LogP contribution in [-0.2, 0) is 19.2 Å². The zero-order valence-corrected chi connectivity index (χ0v) is 23.2. The molecule has 0 saturated carbocycles. The molecule has 0 saturated heterocycles. The van der Waals surface area contributed by atoms with Crippen LogP contribution in [0.15, 0.2) is 65.8 Å². The first kappa shape index (κ1) is 28.1. The highest BCUT2D eigenvalue weighted by atomic mass is 16.5. The third-order valence-electron chi connectivity index (χ3n) is 8.22. The summed E-state index contributed by atoms with van der Waals surface area (Å²) in [5.74, 6) is -6.29. The highest BCUT2D eigenvalue weighted by Crippen LogP contribution is 2.45. The van der Waals surface area contributed by atoms with Gasteiger partial charge in [0.15, 0.2) is 0 Å². The van der Waals surface area contributed by atoms with Gasteiger partial charge in [0.2, 0.25) is 0 Å². The highest BCUT2D eigenvalue weighted by molar-refractivity contribution is 6.13. The second kappa shape index (κ2) is 11.2. The van der Waals surface area contributed by atoms with Crippen molar-refractivity contribution in [2.24, 2.45) is 23.7 Å². The van der Waals surface area contributed by atoms with Crippen molar-refractivity contribution in [1.29, 1.82) is 0 Å². The van der Waals surface area contributed by atoms with Crippen molar-refractivity contribution in [2.75, 3.05) is 0 Å². The molecule has 0 aliphatic heterocycles. The summed E-state index contributed by atoms with van der Waals surface area (Å²) in [6.07, 6.45) is 4.84. The smallest absolute Gasteiger partial charge is 0.315 e. The predicted molar refractivity (Wildman–Crippen MR) is 153 cm³/mol. The standard InChI is InChI=1S/C33H32O8/c1-17-8-11-22-25(14-17)29(41-33(39)24-13-10-19(3)16-27(24)31(36)37)21-7-5-4-6-20(21)28(22)40-32(38)23-12-9-18(2)15-26(23)30(34)35/h4-11,14,23-24,26-27H,12-13,15-16H2,1-3H3,(H,34,35)(H,36,37). The number of carbonyl (C=O) groups excluding carboxylic acids is 2. The summed E-state index contributed by atoms with van der Waals surface area (Å²) < 4.78 is 12.0. The number of allylic oxidation sites excluding steroid dienone is 4. The number of aryl methyl sites for hydroxylation is 1. The fourth-order valence-corrected chi connectivity index (χ4v) is 5.96. The largest absolute Gasteiger partial charge is 0.481 e. The van der Waals surface area contributed by atoms with Crippen molar-refractivity contribution in [3.05, 3.63) is 71.3 Å². The average Bonchev–Trinajstić information content (AvgIpc) is 2.94. The van der Waals surface area contributed by atoms with Crippen LogP contribution in [0.1, 0.15) is 45.1 Å². The van der Waals surface area contributed by atoms with Gasteiger partial charge in [-0.3, -0.25) is 19.2 Å². The lowest BCUT2D eigenvalue weighted by molar-refractivity contribution is -0.152. The molecule has 2 aliphatic rings. The number of rotatable bonds is 6. The number of carboxylic acid groups (broad SMARTS) is 2. The topological polar surface area (TPSA) is 127 Å². The minimum atomic E-state index is -1.04. The fraction of sp³-hybridized carbons (Fsp3) is 0.333. The van der Waals surface area contributed by atoms with E-state index in [2.05, 4.69) is 0 Å². The number of carboxylic acids is 2. The minimum absolute atomic E-state index is 0.260. The summed E-state index contributed by atoms with van der Waals surface area (Å²) >= 11 is 0. The van der Waals surface area contributed by atoms with Gasteiger partial charge in [-0.25, -0.2) is 0 Å². The van der Waals surface area contributed by atoms with E-state index in [1.54, 1.807) is 30.3 Å². The van der Waals surface area contributed by atoms with Crippen LogP contribution < -0.4 is 9.47 Å². The molecule has 212 valence electrons. The first-order chi connectivity index (χ1) is 19.5. The van der Waals surface area contributed by atoms with Crippen LogP contribution in [-0.4, -0.2) is 34.1 Å². The molecule has 3 aromatic rings. The molecule has 0 heterocycles. The van der Waals surface area contributed by atoms with E-state index in [4.69, 9.17) is 9.47 Å². The molecule has 4 unspecified atom stereocenters. The highest BCUT2D eigenvalue weighted by Gasteiger charge is 2.39. The Balaban J connectivity index is 1.59. The number of ether oxygens (including phenoxy) is 2. The van der Waals surface area contributed by atoms with Gasteiger partial charge in [-0.05, 0) is 52.5 Å². The van der Waals surface area contributed by atoms with Crippen LogP contribution in [0.2, 0.25) is 0 Å². The number of esters is 2. The van der Waals surface area contributed by atoms with Gasteiger partial charge in [0.25, 0.3) is 0 Å². The number of benzene rings is 3. The van der Waals surface area contributed by atoms with Gasteiger partial charge in [-0.1, -0.05) is 65.3 Å². The van der Waals surface area contributed by atoms with Crippen LogP contribution >= 0.6 is 0 Å². The Labute approximate surface area is 237 Å². The first-order valence-corrected chi connectivity index (χ1v) is 13.7. The van der Waals surface area contributed by atoms with Gasteiger partial charge in [-0.15, -0.1) is 0 Å². The van der Waals surface area contributed by atoms with Crippen LogP contribution in [0.3, 0.4) is 0 Å². The van der Waals surface area contributed by atoms with Crippen LogP contribution in [0.4, 0.5) is 0 Å². The number of hydrogen-bond acceptors (Lipinski definition) is 6. The van der Waals surface area contributed by atoms with E-state index in [0.717, 1.165) is 16.7 Å². The van der Waals surface area contributed by atoms with Gasteiger partial charge in [-0.2, -0.15) is 0 Å². The number of carbonyl (C=O) groups is 4. The molecule has 2 N–H and O–H groups in total. The molecule has 41 heavy (non-hydrogen) atoms. The Hall–Kier alpha value is -4.46. The van der Waals surface area contributed by atoms with Crippen molar-refractivity contribution < 1.29 is 38.9 Å². The number of aliphatic carboxylic acids is 2. The van der Waals surface area contributed by atoms with E-state index in [1.807, 2.05) is 45.1 Å². The lowest BCUT2D eigenvalue weighted by Gasteiger charge is -2.27. The van der Waals surface area contributed by atoms with E-state index in [0.29, 0.717) is 21.5 Å². The maximum absolute atomic E-state index is 13.5. The second-order valence-electron chi connectivity index (χ2n) is 11.2. The maximum Gasteiger partial charge on any atom is 0.315 e. The first-order valence-electron chi connectivity index (χ1n) is 13.7. The minimum Gasteiger partial charge on any atom is -0.481 e. The SMILES string of the molecule is CC1=CCC(C(=O)Oc2c3ccccc3c(OC(=O)C3CC=C(C)CC3C(=O)O)c3cc(C)ccc23)C(C(=O)O)C1. The van der Waals surface area contributed by atoms with Gasteiger partial charge in [0.1, 0.15) is 11.5 Å². The van der Waals surface area contributed by atoms with Gasteiger partial charge < -0.3 is 19.7 Å². The maximum atomic E-state index is 13.5. The molecule has 0 fully saturated rings. The van der Waals surface area contributed by atoms with E-state index >= 15 is 0 Å². The summed E-state index contributed by atoms with van der Waals surface area (Å²) in [5.41, 5.74) is 2.72. The van der Waals surface area contributed by atoms with E-state index in [9.17, 15) is 29.4 Å². The zero-order chi connectivity index (χ0) is 29.4. The summed E-state index contributed by atoms with van der Waals surface area (Å²) in [4.78, 5) is 50.9. The molecule has 0 amide bonds. The second-order valence-corrected chi connectivity index (χ2v) is 11.2. The molecule has 4 atom stereocenters. The van der Waals surface area contributed by atoms with Gasteiger partial charge in [0, 0.05) is 21.5 Å². The fourth-order valence-electron chi connectivity index (χ4n) is 5.96. The Kier molecular flexibility index (Phi) is 7.67. The molecule has 0 aromatic heterocycles. The summed E-state index contributed by atoms with van der Waals surface area (Å²) in [7, 11) is 0. The molecular formula is C33H32O8. The normalized spacial score (nSPS) is 22.5. The van der Waals surface area contributed by atoms with E-state index in [1.165, 1.54) is 0 Å².